The number of rotatable bonds is 2. The van der Waals surface area contributed by atoms with Crippen molar-refractivity contribution < 1.29 is 4.42 Å². The van der Waals surface area contributed by atoms with Crippen molar-refractivity contribution in [1.29, 1.82) is 10.7 Å². The Labute approximate surface area is 167 Å². The number of benzene rings is 1. The van der Waals surface area contributed by atoms with Gasteiger partial charge in [0.1, 0.15) is 16.9 Å². The third-order valence-electron chi connectivity index (χ3n) is 4.40. The van der Waals surface area contributed by atoms with Crippen LogP contribution < -0.4 is 11.5 Å². The molecule has 0 aliphatic heterocycles. The largest absolute Gasteiger partial charge is 0.442 e. The number of hydrogen-bond donors (Lipinski definition) is 3. The zero-order valence-corrected chi connectivity index (χ0v) is 15.8. The lowest BCUT2D eigenvalue weighted by molar-refractivity contribution is 0.548. The first-order chi connectivity index (χ1) is 13.5. The van der Waals surface area contributed by atoms with Crippen LogP contribution >= 0.6 is 11.6 Å². The van der Waals surface area contributed by atoms with E-state index in [4.69, 9.17) is 38.2 Å². The van der Waals surface area contributed by atoms with Crippen LogP contribution in [0.2, 0.25) is 5.15 Å². The van der Waals surface area contributed by atoms with Crippen LogP contribution in [-0.2, 0) is 12.8 Å². The highest BCUT2D eigenvalue weighted by Crippen LogP contribution is 2.24. The summed E-state index contributed by atoms with van der Waals surface area (Å²) in [5, 5.41) is 17.0. The standard InChI is InChI=1S/C10H9ClN2.C10H10N4O/c11-10-8(6-12)5-7-3-1-2-4-9(7)13-10;11-6-1-2-8(12)7(3-6)10(13)9-4-14-5-15-9/h5H,1-4H2;1-5,13H,11-12H2. The number of aryl methyl sites for hydroxylation is 2. The second kappa shape index (κ2) is 8.55. The van der Waals surface area contributed by atoms with Crippen molar-refractivity contribution in [2.75, 3.05) is 11.5 Å². The molecule has 3 aromatic rings. The van der Waals surface area contributed by atoms with Gasteiger partial charge in [0, 0.05) is 22.6 Å². The lowest BCUT2D eigenvalue weighted by atomic mass is 9.95. The summed E-state index contributed by atoms with van der Waals surface area (Å²) in [6.45, 7) is 0. The van der Waals surface area contributed by atoms with Gasteiger partial charge < -0.3 is 15.9 Å². The van der Waals surface area contributed by atoms with E-state index in [9.17, 15) is 0 Å². The van der Waals surface area contributed by atoms with E-state index in [0.29, 0.717) is 33.4 Å². The Hall–Kier alpha value is -3.37. The molecule has 0 bridgehead atoms. The van der Waals surface area contributed by atoms with Crippen molar-refractivity contribution >= 4 is 28.7 Å². The van der Waals surface area contributed by atoms with Gasteiger partial charge in [0.2, 0.25) is 0 Å². The number of hydrogen-bond acceptors (Lipinski definition) is 7. The monoisotopic (exact) mass is 394 g/mol. The number of oxazole rings is 1. The van der Waals surface area contributed by atoms with Crippen molar-refractivity contribution in [3.63, 3.8) is 0 Å². The number of aromatic nitrogens is 2. The van der Waals surface area contributed by atoms with E-state index in [1.54, 1.807) is 18.2 Å². The first kappa shape index (κ1) is 19.4. The van der Waals surface area contributed by atoms with Crippen LogP contribution in [0.25, 0.3) is 0 Å². The van der Waals surface area contributed by atoms with Crippen molar-refractivity contribution in [3.05, 3.63) is 70.2 Å². The summed E-state index contributed by atoms with van der Waals surface area (Å²) in [7, 11) is 0. The molecule has 0 amide bonds. The van der Waals surface area contributed by atoms with Crippen LogP contribution in [0.15, 0.2) is 41.3 Å². The van der Waals surface area contributed by atoms with Gasteiger partial charge in [-0.1, -0.05) is 11.6 Å². The Kier molecular flexibility index (Phi) is 5.92. The fourth-order valence-electron chi connectivity index (χ4n) is 2.95. The number of nitriles is 1. The molecule has 0 spiro atoms. The predicted octanol–water partition coefficient (Wildman–Crippen LogP) is 3.74. The second-order valence-corrected chi connectivity index (χ2v) is 6.70. The van der Waals surface area contributed by atoms with E-state index in [0.717, 1.165) is 18.5 Å². The molecule has 0 saturated heterocycles. The highest BCUT2D eigenvalue weighted by molar-refractivity contribution is 6.30. The van der Waals surface area contributed by atoms with Gasteiger partial charge >= 0.3 is 0 Å². The fraction of sp³-hybridized carbons (Fsp3) is 0.200. The maximum Gasteiger partial charge on any atom is 0.181 e. The van der Waals surface area contributed by atoms with Crippen molar-refractivity contribution in [3.8, 4) is 6.07 Å². The molecule has 2 heterocycles. The first-order valence-corrected chi connectivity index (χ1v) is 9.08. The molecule has 0 atom stereocenters. The van der Waals surface area contributed by atoms with Crippen molar-refractivity contribution in [2.24, 2.45) is 0 Å². The summed E-state index contributed by atoms with van der Waals surface area (Å²) in [5.41, 5.74) is 15.9. The normalized spacial score (nSPS) is 12.3. The average Bonchev–Trinajstić information content (AvgIpc) is 3.24. The molecule has 4 rings (SSSR count). The fourth-order valence-corrected chi connectivity index (χ4v) is 3.15. The number of nitrogens with two attached hydrogens (primary N) is 2. The molecule has 142 valence electrons. The maximum atomic E-state index is 8.75. The third kappa shape index (κ3) is 4.30. The van der Waals surface area contributed by atoms with Crippen LogP contribution in [0.1, 0.15) is 41.0 Å². The lowest BCUT2D eigenvalue weighted by Gasteiger charge is -2.14. The minimum absolute atomic E-state index is 0.178. The highest BCUT2D eigenvalue weighted by Gasteiger charge is 2.14. The summed E-state index contributed by atoms with van der Waals surface area (Å²) in [6, 6.07) is 8.92. The van der Waals surface area contributed by atoms with Crippen molar-refractivity contribution in [2.45, 2.75) is 25.7 Å². The van der Waals surface area contributed by atoms with E-state index < -0.39 is 0 Å². The van der Waals surface area contributed by atoms with E-state index in [1.165, 1.54) is 31.0 Å². The number of fused-ring (bicyclic) bond motifs is 1. The van der Waals surface area contributed by atoms with E-state index in [1.807, 2.05) is 6.07 Å². The van der Waals surface area contributed by atoms with Crippen LogP contribution in [0.5, 0.6) is 0 Å². The number of nitrogens with zero attached hydrogens (tertiary/aromatic N) is 3. The van der Waals surface area contributed by atoms with Gasteiger partial charge in [-0.15, -0.1) is 0 Å². The van der Waals surface area contributed by atoms with Crippen LogP contribution in [0.4, 0.5) is 11.4 Å². The van der Waals surface area contributed by atoms with Gasteiger partial charge in [-0.2, -0.15) is 5.26 Å². The van der Waals surface area contributed by atoms with Crippen molar-refractivity contribution in [1.82, 2.24) is 9.97 Å². The molecule has 1 aliphatic carbocycles. The van der Waals surface area contributed by atoms with E-state index >= 15 is 0 Å². The first-order valence-electron chi connectivity index (χ1n) is 8.70. The summed E-state index contributed by atoms with van der Waals surface area (Å²) >= 11 is 5.83. The molecular weight excluding hydrogens is 376 g/mol. The minimum Gasteiger partial charge on any atom is -0.442 e. The smallest absolute Gasteiger partial charge is 0.181 e. The molecule has 2 aromatic heterocycles. The van der Waals surface area contributed by atoms with E-state index in [2.05, 4.69) is 16.0 Å². The third-order valence-corrected chi connectivity index (χ3v) is 4.69. The lowest BCUT2D eigenvalue weighted by Crippen LogP contribution is -2.06. The molecular formula is C20H19ClN6O. The maximum absolute atomic E-state index is 8.75. The SMILES string of the molecule is N#Cc1cc2c(nc1Cl)CCCC2.N=C(c1cnco1)c1cc(N)ccc1N. The number of pyridine rings is 1. The number of nitrogen functional groups attached to an aromatic ring is 2. The number of halogens is 1. The molecule has 1 aromatic carbocycles. The molecule has 0 radical (unpaired) electrons. The van der Waals surface area contributed by atoms with Gasteiger partial charge in [-0.05, 0) is 55.5 Å². The predicted molar refractivity (Wildman–Crippen MR) is 108 cm³/mol. The Morgan fingerprint density at radius 2 is 2.00 bits per heavy atom. The quantitative estimate of drug-likeness (QED) is 0.343. The zero-order chi connectivity index (χ0) is 20.1. The Balaban J connectivity index is 0.000000162. The number of anilines is 2. The van der Waals surface area contributed by atoms with Gasteiger partial charge in [-0.3, -0.25) is 5.41 Å². The molecule has 7 nitrogen and oxygen atoms in total. The van der Waals surface area contributed by atoms with Gasteiger partial charge in [0.05, 0.1) is 11.8 Å². The average molecular weight is 395 g/mol. The molecule has 28 heavy (non-hydrogen) atoms. The van der Waals surface area contributed by atoms with Crippen LogP contribution in [-0.4, -0.2) is 15.7 Å². The summed E-state index contributed by atoms with van der Waals surface area (Å²) in [4.78, 5) is 7.97. The molecule has 8 heteroatoms. The van der Waals surface area contributed by atoms with Crippen LogP contribution in [0, 0.1) is 16.7 Å². The Morgan fingerprint density at radius 1 is 1.21 bits per heavy atom. The molecule has 0 unspecified atom stereocenters. The zero-order valence-electron chi connectivity index (χ0n) is 15.1. The molecule has 1 aliphatic rings. The summed E-state index contributed by atoms with van der Waals surface area (Å²) in [5.74, 6) is 0.368. The summed E-state index contributed by atoms with van der Waals surface area (Å²) in [6.07, 6.45) is 7.15. The molecule has 0 fully saturated rings. The van der Waals surface area contributed by atoms with Crippen LogP contribution in [0.3, 0.4) is 0 Å². The second-order valence-electron chi connectivity index (χ2n) is 6.34. The van der Waals surface area contributed by atoms with Gasteiger partial charge in [0.15, 0.2) is 12.2 Å². The van der Waals surface area contributed by atoms with Gasteiger partial charge in [-0.25, -0.2) is 9.97 Å². The molecule has 5 N–H and O–H groups in total. The van der Waals surface area contributed by atoms with Gasteiger partial charge in [0.25, 0.3) is 0 Å². The number of nitrogens with one attached hydrogen (secondary N) is 1. The Morgan fingerprint density at radius 3 is 2.71 bits per heavy atom. The summed E-state index contributed by atoms with van der Waals surface area (Å²) < 4.78 is 5.01. The highest BCUT2D eigenvalue weighted by atomic mass is 35.5. The van der Waals surface area contributed by atoms with E-state index in [-0.39, 0.29) is 5.71 Å². The Bertz CT molecular complexity index is 1040. The topological polar surface area (TPSA) is 139 Å². The molecule has 0 saturated carbocycles. The minimum atomic E-state index is 0.178.